The number of aryl methyl sites for hydroxylation is 5. The van der Waals surface area contributed by atoms with Crippen LogP contribution in [0.1, 0.15) is 100 Å². The topological polar surface area (TPSA) is 316 Å². The number of hydrogen-bond donors (Lipinski definition) is 4. The minimum absolute atomic E-state index is 0.0279. The summed E-state index contributed by atoms with van der Waals surface area (Å²) >= 11 is 0. The first-order valence-corrected chi connectivity index (χ1v) is 39.9. The fraction of sp³-hybridized carbons (Fsp3) is 0.322. The van der Waals surface area contributed by atoms with Gasteiger partial charge in [-0.1, -0.05) is 0 Å². The third kappa shape index (κ3) is 21.6. The number of hydrogen-bond acceptors (Lipinski definition) is 17. The molecule has 4 aliphatic heterocycles. The van der Waals surface area contributed by atoms with Gasteiger partial charge in [0.2, 0.25) is 23.6 Å². The molecule has 4 aromatic carbocycles. The summed E-state index contributed by atoms with van der Waals surface area (Å²) in [7, 11) is 1.99. The van der Waals surface area contributed by atoms with E-state index in [0.29, 0.717) is 111 Å². The summed E-state index contributed by atoms with van der Waals surface area (Å²) < 4.78 is 85.0. The second kappa shape index (κ2) is 38.5. The first-order valence-electron chi connectivity index (χ1n) is 39.9. The van der Waals surface area contributed by atoms with Gasteiger partial charge in [0.25, 0.3) is 6.43 Å². The molecule has 4 aliphatic rings. The molecule has 8 N–H and O–H groups in total. The number of alkyl halides is 2. The Bertz CT molecular complexity index is 5450. The highest BCUT2D eigenvalue weighted by atomic mass is 19.3. The van der Waals surface area contributed by atoms with Crippen LogP contribution in [-0.2, 0) is 71.4 Å². The van der Waals surface area contributed by atoms with E-state index in [-0.39, 0.29) is 84.2 Å². The van der Waals surface area contributed by atoms with Crippen molar-refractivity contribution in [2.75, 3.05) is 75.3 Å². The summed E-state index contributed by atoms with van der Waals surface area (Å²) in [6.45, 7) is 14.3. The average Bonchev–Trinajstić information content (AvgIpc) is 1.65. The largest absolute Gasteiger partial charge is 0.397 e. The smallest absolute Gasteiger partial charge is 0.281 e. The van der Waals surface area contributed by atoms with E-state index in [9.17, 15) is 45.5 Å². The number of halogens is 6. The van der Waals surface area contributed by atoms with Gasteiger partial charge >= 0.3 is 0 Å². The zero-order valence-electron chi connectivity index (χ0n) is 67.5. The van der Waals surface area contributed by atoms with Gasteiger partial charge in [0.05, 0.1) is 112 Å². The Morgan fingerprint density at radius 3 is 1.20 bits per heavy atom. The third-order valence-corrected chi connectivity index (χ3v) is 22.4. The van der Waals surface area contributed by atoms with Crippen LogP contribution < -0.4 is 22.9 Å². The fourth-order valence-electron chi connectivity index (χ4n) is 15.7. The molecule has 4 amide bonds. The zero-order valence-corrected chi connectivity index (χ0v) is 67.5. The summed E-state index contributed by atoms with van der Waals surface area (Å²) in [5.74, 6) is 1.02. The molecule has 4 unspecified atom stereocenters. The number of nitrogens with zero attached hydrogens (tertiary/aromatic N) is 16. The van der Waals surface area contributed by atoms with E-state index in [1.54, 1.807) is 103 Å². The lowest BCUT2D eigenvalue weighted by molar-refractivity contribution is -0.130. The molecule has 4 atom stereocenters. The van der Waals surface area contributed by atoms with Crippen LogP contribution in [0, 0.1) is 68.7 Å². The molecule has 12 aromatic rings. The molecule has 622 valence electrons. The number of pyridine rings is 4. The predicted molar refractivity (Wildman–Crippen MR) is 446 cm³/mol. The van der Waals surface area contributed by atoms with Crippen molar-refractivity contribution in [1.29, 1.82) is 0 Å². The maximum atomic E-state index is 13.4. The Balaban J connectivity index is 0.000000138. The monoisotopic (exact) mass is 1630 g/mol. The van der Waals surface area contributed by atoms with Gasteiger partial charge in [0.15, 0.2) is 0 Å². The first kappa shape index (κ1) is 84.8. The summed E-state index contributed by atoms with van der Waals surface area (Å²) in [5, 5.41) is 4.24. The average molecular weight is 1640 g/mol. The summed E-state index contributed by atoms with van der Waals surface area (Å²) in [5.41, 5.74) is 37.7. The second-order valence-corrected chi connectivity index (χ2v) is 31.1. The number of carbonyl (C=O) groups is 4. The number of imidazole rings is 2. The van der Waals surface area contributed by atoms with Gasteiger partial charge in [-0.2, -0.15) is 5.10 Å². The number of amides is 4. The van der Waals surface area contributed by atoms with Gasteiger partial charge in [0, 0.05) is 150 Å². The Morgan fingerprint density at radius 2 is 0.842 bits per heavy atom. The fourth-order valence-corrected chi connectivity index (χ4v) is 15.7. The van der Waals surface area contributed by atoms with E-state index in [0.717, 1.165) is 135 Å². The molecule has 16 rings (SSSR count). The zero-order chi connectivity index (χ0) is 84.8. The van der Waals surface area contributed by atoms with Crippen LogP contribution in [0.2, 0.25) is 0 Å². The van der Waals surface area contributed by atoms with Crippen molar-refractivity contribution < 1.29 is 45.5 Å². The van der Waals surface area contributed by atoms with Crippen molar-refractivity contribution >= 4 is 46.4 Å². The van der Waals surface area contributed by atoms with E-state index in [1.165, 1.54) is 54.7 Å². The predicted octanol–water partition coefficient (Wildman–Crippen LogP) is 13.3. The van der Waals surface area contributed by atoms with Gasteiger partial charge in [-0.3, -0.25) is 53.8 Å². The van der Waals surface area contributed by atoms with Gasteiger partial charge in [-0.15, -0.1) is 0 Å². The van der Waals surface area contributed by atoms with Crippen LogP contribution in [0.15, 0.2) is 183 Å². The van der Waals surface area contributed by atoms with Crippen LogP contribution >= 0.6 is 0 Å². The number of nitrogen functional groups attached to an aromatic ring is 4. The van der Waals surface area contributed by atoms with Crippen molar-refractivity contribution in [1.82, 2.24) is 78.4 Å². The molecule has 0 spiro atoms. The molecule has 0 bridgehead atoms. The standard InChI is InChI=1S/C23H22F3N5O.C23H26FN5O.2C22H24FN5O/c1-13-8-15(24)2-3-16(13)18-5-4-17(27)19(30-18)9-22(32)31-7-6-14(12-31)20-10-29-21(11-28-20)23(25)26;1-15-11-17(24)3-4-18(15)20-6-5-19(25)21(27-20)13-23(30)29-9-7-16(14-29)12-22-26-8-10-28(22)2;1-15-11-17(23)3-4-18(15)20-6-5-19(24)21(26-20)12-22(29)27-10-7-16(13-27)14-28-9-2-8-25-28;1-15-10-17(23)2-3-18(15)20-5-4-19(24)21(26-20)11-22(29)28-8-6-16(13-28)12-27-9-7-25-14-27/h2-5,8,10-11,14,23H,6-7,9,12,27H2,1H3;3-6,8,10-11,16H,7,9,12-14,25H2,1-2H3;2-6,8-9,11,16H,7,10,12-14,24H2,1H3;2-5,7,9-10,14,16H,6,8,11-13,24H2,1H3. The summed E-state index contributed by atoms with van der Waals surface area (Å²) in [6, 6.07) is 34.3. The Kier molecular flexibility index (Phi) is 27.2. The van der Waals surface area contributed by atoms with E-state index >= 15 is 0 Å². The van der Waals surface area contributed by atoms with Crippen LogP contribution in [0.4, 0.5) is 49.1 Å². The molecule has 30 heteroatoms. The maximum Gasteiger partial charge on any atom is 0.281 e. The molecule has 8 aromatic heterocycles. The minimum atomic E-state index is -2.66. The van der Waals surface area contributed by atoms with E-state index < -0.39 is 6.43 Å². The van der Waals surface area contributed by atoms with E-state index in [4.69, 9.17) is 22.9 Å². The highest BCUT2D eigenvalue weighted by Crippen LogP contribution is 2.34. The van der Waals surface area contributed by atoms with Crippen molar-refractivity contribution in [3.05, 3.63) is 269 Å². The summed E-state index contributed by atoms with van der Waals surface area (Å²) in [4.78, 5) is 93.5. The molecule has 0 aliphatic carbocycles. The number of benzene rings is 4. The highest BCUT2D eigenvalue weighted by Gasteiger charge is 2.33. The number of aromatic nitrogens is 12. The molecular formula is C90H96F6N20O4. The van der Waals surface area contributed by atoms with Crippen molar-refractivity contribution in [2.24, 2.45) is 24.8 Å². The van der Waals surface area contributed by atoms with Gasteiger partial charge in [0.1, 0.15) is 34.8 Å². The molecule has 4 saturated heterocycles. The summed E-state index contributed by atoms with van der Waals surface area (Å²) in [6.07, 6.45) is 17.7. The Hall–Kier alpha value is -13.2. The maximum absolute atomic E-state index is 13.4. The number of carbonyl (C=O) groups excluding carboxylic acids is 4. The molecule has 24 nitrogen and oxygen atoms in total. The third-order valence-electron chi connectivity index (χ3n) is 22.4. The molecule has 0 radical (unpaired) electrons. The SMILES string of the molecule is Cc1cc(F)ccc1-c1ccc(N)c(CC(=O)N2CCC(Cc3nccn3C)C2)n1.Cc1cc(F)ccc1-c1ccc(N)c(CC(=O)N2CCC(Cn3cccn3)C2)n1.Cc1cc(F)ccc1-c1ccc(N)c(CC(=O)N2CCC(Cn3ccnc3)C2)n1.Cc1cc(F)ccc1-c1ccc(N)c(CC(=O)N2CCC(c3cnc(C(F)F)cn3)C2)n1. The normalized spacial score (nSPS) is 16.2. The van der Waals surface area contributed by atoms with Crippen molar-refractivity contribution in [3.8, 4) is 45.0 Å². The molecular weight excluding hydrogens is 1540 g/mol. The van der Waals surface area contributed by atoms with Crippen LogP contribution in [-0.4, -0.2) is 154 Å². The van der Waals surface area contributed by atoms with E-state index in [1.807, 2.05) is 87.1 Å². The van der Waals surface area contributed by atoms with Crippen LogP contribution in [0.3, 0.4) is 0 Å². The first-order chi connectivity index (χ1) is 57.7. The molecule has 12 heterocycles. The number of likely N-dealkylation sites (tertiary alicyclic amines) is 4. The lowest BCUT2D eigenvalue weighted by atomic mass is 10.0. The second-order valence-electron chi connectivity index (χ2n) is 31.1. The Morgan fingerprint density at radius 1 is 0.442 bits per heavy atom. The van der Waals surface area contributed by atoms with Crippen molar-refractivity contribution in [3.63, 3.8) is 0 Å². The van der Waals surface area contributed by atoms with Gasteiger partial charge < -0.3 is 51.7 Å². The lowest BCUT2D eigenvalue weighted by Crippen LogP contribution is -2.31. The quantitative estimate of drug-likeness (QED) is 0.0515. The molecule has 120 heavy (non-hydrogen) atoms. The molecule has 0 saturated carbocycles. The van der Waals surface area contributed by atoms with Crippen molar-refractivity contribution in [2.45, 2.75) is 111 Å². The number of anilines is 4. The lowest BCUT2D eigenvalue weighted by Gasteiger charge is -2.17. The van der Waals surface area contributed by atoms with Gasteiger partial charge in [-0.25, -0.2) is 36.3 Å². The van der Waals surface area contributed by atoms with Crippen LogP contribution in [0.25, 0.3) is 45.0 Å². The number of rotatable bonds is 20. The highest BCUT2D eigenvalue weighted by molar-refractivity contribution is 5.83. The van der Waals surface area contributed by atoms with Gasteiger partial charge in [-0.05, 0) is 221 Å². The Labute approximate surface area is 691 Å². The van der Waals surface area contributed by atoms with E-state index in [2.05, 4.69) is 45.0 Å². The minimum Gasteiger partial charge on any atom is -0.397 e. The van der Waals surface area contributed by atoms with Crippen LogP contribution in [0.5, 0.6) is 0 Å². The number of nitrogens with two attached hydrogens (primary N) is 4. The molecule has 4 fully saturated rings.